The van der Waals surface area contributed by atoms with Gasteiger partial charge in [0.1, 0.15) is 6.10 Å². The molecule has 0 aromatic carbocycles. The first-order valence-corrected chi connectivity index (χ1v) is 10.3. The van der Waals surface area contributed by atoms with E-state index >= 15 is 0 Å². The van der Waals surface area contributed by atoms with Crippen molar-refractivity contribution in [2.24, 2.45) is 17.3 Å². The van der Waals surface area contributed by atoms with Crippen molar-refractivity contribution >= 4 is 11.9 Å². The zero-order valence-corrected chi connectivity index (χ0v) is 16.7. The van der Waals surface area contributed by atoms with Crippen LogP contribution in [-0.2, 0) is 14.3 Å². The molecule has 2 unspecified atom stereocenters. The summed E-state index contributed by atoms with van der Waals surface area (Å²) in [7, 11) is 0. The number of hydrogen-bond acceptors (Lipinski definition) is 3. The minimum Gasteiger partial charge on any atom is -0.480 e. The minimum atomic E-state index is -1.31. The lowest BCUT2D eigenvalue weighted by molar-refractivity contribution is -0.178. The van der Waals surface area contributed by atoms with Crippen molar-refractivity contribution < 1.29 is 19.4 Å². The van der Waals surface area contributed by atoms with Crippen molar-refractivity contribution in [2.45, 2.75) is 104 Å². The highest BCUT2D eigenvalue weighted by atomic mass is 16.5. The average Bonchev–Trinajstić information content (AvgIpc) is 2.59. The van der Waals surface area contributed by atoms with Gasteiger partial charge in [-0.1, -0.05) is 72.6 Å². The second-order valence-corrected chi connectivity index (χ2v) is 8.08. The van der Waals surface area contributed by atoms with Gasteiger partial charge in [0.2, 0.25) is 0 Å². The largest absolute Gasteiger partial charge is 0.480 e. The fourth-order valence-electron chi connectivity index (χ4n) is 4.06. The van der Waals surface area contributed by atoms with Gasteiger partial charge in [-0.2, -0.15) is 0 Å². The van der Waals surface area contributed by atoms with E-state index in [-0.39, 0.29) is 6.10 Å². The van der Waals surface area contributed by atoms with Gasteiger partial charge in [-0.05, 0) is 37.5 Å². The van der Waals surface area contributed by atoms with Gasteiger partial charge in [-0.3, -0.25) is 9.59 Å². The summed E-state index contributed by atoms with van der Waals surface area (Å²) in [5.74, 6) is -0.748. The molecule has 0 aliphatic heterocycles. The first-order chi connectivity index (χ1) is 11.9. The number of carbonyl (C=O) groups excluding carboxylic acids is 1. The van der Waals surface area contributed by atoms with Crippen molar-refractivity contribution in [1.82, 2.24) is 0 Å². The summed E-state index contributed by atoms with van der Waals surface area (Å²) in [5.41, 5.74) is -1.31. The van der Waals surface area contributed by atoms with Crippen LogP contribution in [0.2, 0.25) is 0 Å². The van der Waals surface area contributed by atoms with E-state index in [0.29, 0.717) is 24.7 Å². The number of aliphatic carboxylic acids is 1. The number of esters is 1. The Bertz CT molecular complexity index is 410. The van der Waals surface area contributed by atoms with E-state index < -0.39 is 17.4 Å². The predicted octanol–water partition coefficient (Wildman–Crippen LogP) is 5.59. The zero-order valence-electron chi connectivity index (χ0n) is 16.7. The Balaban J connectivity index is 2.93. The normalized spacial score (nSPS) is 19.4. The van der Waals surface area contributed by atoms with E-state index in [1.54, 1.807) is 0 Å². The van der Waals surface area contributed by atoms with E-state index in [2.05, 4.69) is 27.7 Å². The van der Waals surface area contributed by atoms with Crippen molar-refractivity contribution in [3.8, 4) is 0 Å². The molecule has 0 amide bonds. The summed E-state index contributed by atoms with van der Waals surface area (Å²) in [5, 5.41) is 9.74. The fourth-order valence-corrected chi connectivity index (χ4v) is 4.06. The smallest absolute Gasteiger partial charge is 0.323 e. The van der Waals surface area contributed by atoms with Crippen LogP contribution in [0.25, 0.3) is 0 Å². The zero-order chi connectivity index (χ0) is 18.9. The van der Waals surface area contributed by atoms with Crippen molar-refractivity contribution in [3.63, 3.8) is 0 Å². The molecule has 4 nitrogen and oxygen atoms in total. The highest BCUT2D eigenvalue weighted by Crippen LogP contribution is 2.39. The number of carboxylic acid groups (broad SMARTS) is 1. The third kappa shape index (κ3) is 6.00. The maximum Gasteiger partial charge on any atom is 0.323 e. The lowest BCUT2D eigenvalue weighted by Gasteiger charge is -2.35. The number of hydrogen-bond donors (Lipinski definition) is 1. The molecule has 0 aromatic rings. The van der Waals surface area contributed by atoms with E-state index in [0.717, 1.165) is 57.8 Å². The average molecular weight is 355 g/mol. The summed E-state index contributed by atoms with van der Waals surface area (Å²) < 4.78 is 5.96. The summed E-state index contributed by atoms with van der Waals surface area (Å²) >= 11 is 0. The SMILES string of the molecule is CCCCC(OC(=O)C1(C(=O)O)CCCCC1)C(CCCC)C(C)C. The van der Waals surface area contributed by atoms with Gasteiger partial charge >= 0.3 is 11.9 Å². The molecule has 1 aliphatic rings. The van der Waals surface area contributed by atoms with Crippen LogP contribution in [0.3, 0.4) is 0 Å². The molecule has 146 valence electrons. The maximum atomic E-state index is 12.9. The molecule has 0 radical (unpaired) electrons. The number of ether oxygens (including phenoxy) is 1. The molecule has 0 saturated heterocycles. The summed E-state index contributed by atoms with van der Waals surface area (Å²) in [4.78, 5) is 24.8. The predicted molar refractivity (Wildman–Crippen MR) is 100 cm³/mol. The fraction of sp³-hybridized carbons (Fsp3) is 0.905. The molecule has 0 aromatic heterocycles. The van der Waals surface area contributed by atoms with Gasteiger partial charge < -0.3 is 9.84 Å². The molecule has 0 spiro atoms. The molecule has 0 heterocycles. The number of carboxylic acids is 1. The van der Waals surface area contributed by atoms with Crippen LogP contribution < -0.4 is 0 Å². The van der Waals surface area contributed by atoms with Gasteiger partial charge in [0.05, 0.1) is 0 Å². The molecule has 1 saturated carbocycles. The third-order valence-electron chi connectivity index (χ3n) is 5.83. The summed E-state index contributed by atoms with van der Waals surface area (Å²) in [6.45, 7) is 8.67. The third-order valence-corrected chi connectivity index (χ3v) is 5.83. The molecule has 4 heteroatoms. The Hall–Kier alpha value is -1.06. The molecule has 2 atom stereocenters. The molecule has 1 aliphatic carbocycles. The van der Waals surface area contributed by atoms with Crippen LogP contribution in [0.1, 0.15) is 98.3 Å². The van der Waals surface area contributed by atoms with E-state index in [1.807, 2.05) is 0 Å². The molecule has 0 bridgehead atoms. The number of unbranched alkanes of at least 4 members (excludes halogenated alkanes) is 2. The lowest BCUT2D eigenvalue weighted by Crippen LogP contribution is -2.45. The van der Waals surface area contributed by atoms with Crippen LogP contribution in [0.4, 0.5) is 0 Å². The first-order valence-electron chi connectivity index (χ1n) is 10.3. The Morgan fingerprint density at radius 1 is 1.00 bits per heavy atom. The lowest BCUT2D eigenvalue weighted by atomic mass is 9.74. The van der Waals surface area contributed by atoms with Crippen LogP contribution >= 0.6 is 0 Å². The standard InChI is InChI=1S/C21H38O4/c1-5-7-12-17(16(3)4)18(13-8-6-2)25-20(24)21(19(22)23)14-10-9-11-15-21/h16-18H,5-15H2,1-4H3,(H,22,23). The quantitative estimate of drug-likeness (QED) is 0.388. The van der Waals surface area contributed by atoms with Gasteiger partial charge in [-0.25, -0.2) is 0 Å². The van der Waals surface area contributed by atoms with E-state index in [4.69, 9.17) is 4.74 Å². The Morgan fingerprint density at radius 3 is 2.04 bits per heavy atom. The maximum absolute atomic E-state index is 12.9. The van der Waals surface area contributed by atoms with Gasteiger partial charge in [0, 0.05) is 0 Å². The Morgan fingerprint density at radius 2 is 1.56 bits per heavy atom. The van der Waals surface area contributed by atoms with E-state index in [9.17, 15) is 14.7 Å². The summed E-state index contributed by atoms with van der Waals surface area (Å²) in [6, 6.07) is 0. The summed E-state index contributed by atoms with van der Waals surface area (Å²) in [6.07, 6.45) is 9.46. The van der Waals surface area contributed by atoms with E-state index in [1.165, 1.54) is 0 Å². The molecular formula is C21H38O4. The first kappa shape index (κ1) is 22.0. The molecule has 1 rings (SSSR count). The highest BCUT2D eigenvalue weighted by molar-refractivity contribution is 5.99. The topological polar surface area (TPSA) is 63.6 Å². The minimum absolute atomic E-state index is 0.155. The van der Waals surface area contributed by atoms with Gasteiger partial charge in [-0.15, -0.1) is 0 Å². The molecule has 1 fully saturated rings. The van der Waals surface area contributed by atoms with Crippen molar-refractivity contribution in [1.29, 1.82) is 0 Å². The number of carbonyl (C=O) groups is 2. The van der Waals surface area contributed by atoms with Crippen LogP contribution in [0.5, 0.6) is 0 Å². The molecule has 1 N–H and O–H groups in total. The van der Waals surface area contributed by atoms with Crippen LogP contribution in [0.15, 0.2) is 0 Å². The van der Waals surface area contributed by atoms with Crippen molar-refractivity contribution in [3.05, 3.63) is 0 Å². The Labute approximate surface area is 153 Å². The molecular weight excluding hydrogens is 316 g/mol. The van der Waals surface area contributed by atoms with Crippen molar-refractivity contribution in [2.75, 3.05) is 0 Å². The second kappa shape index (κ2) is 10.8. The van der Waals surface area contributed by atoms with Gasteiger partial charge in [0.15, 0.2) is 5.41 Å². The van der Waals surface area contributed by atoms with Crippen LogP contribution in [-0.4, -0.2) is 23.1 Å². The second-order valence-electron chi connectivity index (χ2n) is 8.08. The Kier molecular flexibility index (Phi) is 9.52. The number of rotatable bonds is 11. The molecule has 25 heavy (non-hydrogen) atoms. The monoisotopic (exact) mass is 354 g/mol. The highest BCUT2D eigenvalue weighted by Gasteiger charge is 2.49. The van der Waals surface area contributed by atoms with Gasteiger partial charge in [0.25, 0.3) is 0 Å². The van der Waals surface area contributed by atoms with Crippen LogP contribution in [0, 0.1) is 17.3 Å².